The molecule has 1 fully saturated rings. The molecular weight excluding hydrogens is 257 g/mol. The fourth-order valence-electron chi connectivity index (χ4n) is 1.52. The molecule has 1 saturated heterocycles. The first-order valence-corrected chi connectivity index (χ1v) is 5.51. The Kier molecular flexibility index (Phi) is 4.35. The smallest absolute Gasteiger partial charge is 0.381 e. The van der Waals surface area contributed by atoms with Crippen LogP contribution in [0.5, 0.6) is 0 Å². The minimum atomic E-state index is -2.38. The monoisotopic (exact) mass is 269 g/mol. The van der Waals surface area contributed by atoms with Gasteiger partial charge in [0, 0.05) is 26.1 Å². The van der Waals surface area contributed by atoms with Gasteiger partial charge in [-0.25, -0.2) is 0 Å². The molecular formula is C8H13Cl2N3O3. The van der Waals surface area contributed by atoms with E-state index in [1.54, 1.807) is 7.05 Å². The van der Waals surface area contributed by atoms with E-state index in [-0.39, 0.29) is 5.92 Å². The fourth-order valence-corrected chi connectivity index (χ4v) is 1.81. The average Bonchev–Trinajstić information content (AvgIpc) is 2.68. The van der Waals surface area contributed by atoms with E-state index in [4.69, 9.17) is 33.3 Å². The number of amidine groups is 1. The standard InChI is InChI=1S/C8H13Cl2N3O3/c1-12(4-6-2-3-16-5-6)7(11)8(9,10)13(14)15/h6,11H,2-5H2,1H3. The largest absolute Gasteiger partial charge is 0.427 e. The molecule has 0 amide bonds. The second-order valence-corrected chi connectivity index (χ2v) is 5.04. The molecule has 92 valence electrons. The molecule has 0 bridgehead atoms. The van der Waals surface area contributed by atoms with Crippen molar-refractivity contribution in [3.05, 3.63) is 10.1 Å². The fraction of sp³-hybridized carbons (Fsp3) is 0.875. The molecule has 1 aliphatic heterocycles. The second-order valence-electron chi connectivity index (χ2n) is 3.76. The van der Waals surface area contributed by atoms with E-state index in [0.29, 0.717) is 19.8 Å². The van der Waals surface area contributed by atoms with Crippen molar-refractivity contribution in [2.75, 3.05) is 26.8 Å². The summed E-state index contributed by atoms with van der Waals surface area (Å²) in [7, 11) is 1.56. The van der Waals surface area contributed by atoms with E-state index in [9.17, 15) is 10.1 Å². The number of rotatable bonds is 4. The summed E-state index contributed by atoms with van der Waals surface area (Å²) in [6.07, 6.45) is 0.883. The highest BCUT2D eigenvalue weighted by Gasteiger charge is 2.46. The van der Waals surface area contributed by atoms with Crippen LogP contribution in [-0.4, -0.2) is 46.9 Å². The molecule has 0 aromatic carbocycles. The van der Waals surface area contributed by atoms with E-state index >= 15 is 0 Å². The maximum absolute atomic E-state index is 10.6. The zero-order valence-corrected chi connectivity index (χ0v) is 10.3. The topological polar surface area (TPSA) is 79.5 Å². The van der Waals surface area contributed by atoms with Crippen molar-refractivity contribution in [1.29, 1.82) is 5.41 Å². The van der Waals surface area contributed by atoms with E-state index in [2.05, 4.69) is 0 Å². The molecule has 0 aliphatic carbocycles. The highest BCUT2D eigenvalue weighted by molar-refractivity contribution is 6.56. The third kappa shape index (κ3) is 2.96. The molecule has 6 nitrogen and oxygen atoms in total. The van der Waals surface area contributed by atoms with Gasteiger partial charge in [0.1, 0.15) is 0 Å². The number of halogens is 2. The number of alkyl halides is 2. The zero-order chi connectivity index (χ0) is 12.3. The van der Waals surface area contributed by atoms with E-state index in [1.807, 2.05) is 0 Å². The number of nitrogens with one attached hydrogen (secondary N) is 1. The molecule has 1 atom stereocenters. The Morgan fingerprint density at radius 3 is 2.81 bits per heavy atom. The summed E-state index contributed by atoms with van der Waals surface area (Å²) < 4.78 is 2.79. The predicted molar refractivity (Wildman–Crippen MR) is 60.7 cm³/mol. The van der Waals surface area contributed by atoms with E-state index in [0.717, 1.165) is 6.42 Å². The Morgan fingerprint density at radius 1 is 1.75 bits per heavy atom. The first kappa shape index (κ1) is 13.5. The number of nitrogens with zero attached hydrogens (tertiary/aromatic N) is 2. The van der Waals surface area contributed by atoms with Gasteiger partial charge >= 0.3 is 4.46 Å². The van der Waals surface area contributed by atoms with Crippen LogP contribution in [0.3, 0.4) is 0 Å². The Labute approximate surface area is 103 Å². The summed E-state index contributed by atoms with van der Waals surface area (Å²) in [6.45, 7) is 1.77. The number of hydrogen-bond donors (Lipinski definition) is 1. The van der Waals surface area contributed by atoms with Crippen LogP contribution < -0.4 is 0 Å². The first-order valence-electron chi connectivity index (χ1n) is 4.76. The molecule has 1 N–H and O–H groups in total. The van der Waals surface area contributed by atoms with Gasteiger partial charge in [0.25, 0.3) is 0 Å². The van der Waals surface area contributed by atoms with Crippen LogP contribution in [0.2, 0.25) is 0 Å². The lowest BCUT2D eigenvalue weighted by Crippen LogP contribution is -2.46. The summed E-state index contributed by atoms with van der Waals surface area (Å²) >= 11 is 10.9. The van der Waals surface area contributed by atoms with E-state index < -0.39 is 15.2 Å². The maximum atomic E-state index is 10.6. The second kappa shape index (κ2) is 5.16. The van der Waals surface area contributed by atoms with Gasteiger partial charge < -0.3 is 9.64 Å². The summed E-state index contributed by atoms with van der Waals surface area (Å²) in [6, 6.07) is 0. The summed E-state index contributed by atoms with van der Waals surface area (Å²) in [5.74, 6) is -0.158. The Balaban J connectivity index is 2.55. The summed E-state index contributed by atoms with van der Waals surface area (Å²) in [4.78, 5) is 11.1. The van der Waals surface area contributed by atoms with Crippen molar-refractivity contribution >= 4 is 29.0 Å². The van der Waals surface area contributed by atoms with Gasteiger partial charge in [-0.05, 0) is 29.6 Å². The molecule has 0 aromatic heterocycles. The summed E-state index contributed by atoms with van der Waals surface area (Å²) in [5, 5.41) is 18.1. The van der Waals surface area contributed by atoms with Gasteiger partial charge in [-0.15, -0.1) is 0 Å². The third-order valence-electron chi connectivity index (χ3n) is 2.45. The Hall–Kier alpha value is -0.590. The van der Waals surface area contributed by atoms with Crippen molar-refractivity contribution in [1.82, 2.24) is 4.90 Å². The molecule has 1 heterocycles. The number of ether oxygens (including phenoxy) is 1. The normalized spacial score (nSPS) is 20.8. The molecule has 8 heteroatoms. The predicted octanol–water partition coefficient (Wildman–Crippen LogP) is 1.34. The molecule has 0 spiro atoms. The maximum Gasteiger partial charge on any atom is 0.427 e. The minimum absolute atomic E-state index is 0.265. The van der Waals surface area contributed by atoms with Crippen molar-refractivity contribution in [2.45, 2.75) is 10.9 Å². The number of nitro groups is 1. The van der Waals surface area contributed by atoms with E-state index in [1.165, 1.54) is 4.90 Å². The molecule has 16 heavy (non-hydrogen) atoms. The minimum Gasteiger partial charge on any atom is -0.381 e. The van der Waals surface area contributed by atoms with Gasteiger partial charge in [-0.3, -0.25) is 15.5 Å². The molecule has 0 saturated carbocycles. The number of hydrogen-bond acceptors (Lipinski definition) is 4. The van der Waals surface area contributed by atoms with Crippen molar-refractivity contribution in [2.24, 2.45) is 5.92 Å². The van der Waals surface area contributed by atoms with Crippen LogP contribution in [0.4, 0.5) is 0 Å². The Bertz CT molecular complexity index is 292. The molecule has 0 radical (unpaired) electrons. The third-order valence-corrected chi connectivity index (χ3v) is 3.09. The quantitative estimate of drug-likeness (QED) is 0.209. The lowest BCUT2D eigenvalue weighted by molar-refractivity contribution is -0.497. The highest BCUT2D eigenvalue weighted by Crippen LogP contribution is 2.25. The zero-order valence-electron chi connectivity index (χ0n) is 8.78. The van der Waals surface area contributed by atoms with Gasteiger partial charge in [-0.2, -0.15) is 0 Å². The van der Waals surface area contributed by atoms with Gasteiger partial charge in [-0.1, -0.05) is 0 Å². The van der Waals surface area contributed by atoms with Crippen LogP contribution in [0.15, 0.2) is 0 Å². The van der Waals surface area contributed by atoms with Crippen LogP contribution in [0.25, 0.3) is 0 Å². The van der Waals surface area contributed by atoms with Gasteiger partial charge in [0.05, 0.1) is 11.5 Å². The van der Waals surface area contributed by atoms with Gasteiger partial charge in [0.2, 0.25) is 5.84 Å². The van der Waals surface area contributed by atoms with Crippen LogP contribution >= 0.6 is 23.2 Å². The SMILES string of the molecule is CN(CC1CCOC1)C(=N)C(Cl)(Cl)[N+](=O)[O-]. The molecule has 1 unspecified atom stereocenters. The van der Waals surface area contributed by atoms with Gasteiger partial charge in [0.15, 0.2) is 0 Å². The molecule has 0 aromatic rings. The van der Waals surface area contributed by atoms with Crippen molar-refractivity contribution < 1.29 is 9.66 Å². The lowest BCUT2D eigenvalue weighted by Gasteiger charge is -2.25. The molecule has 1 aliphatic rings. The Morgan fingerprint density at radius 2 is 2.38 bits per heavy atom. The molecule has 1 rings (SSSR count). The van der Waals surface area contributed by atoms with Crippen molar-refractivity contribution in [3.63, 3.8) is 0 Å². The highest BCUT2D eigenvalue weighted by atomic mass is 35.5. The van der Waals surface area contributed by atoms with Crippen LogP contribution in [0.1, 0.15) is 6.42 Å². The van der Waals surface area contributed by atoms with Crippen LogP contribution in [0, 0.1) is 21.4 Å². The van der Waals surface area contributed by atoms with Crippen molar-refractivity contribution in [3.8, 4) is 0 Å². The summed E-state index contributed by atoms with van der Waals surface area (Å²) in [5.41, 5.74) is 0. The first-order chi connectivity index (χ1) is 7.35. The average molecular weight is 270 g/mol. The number of likely N-dealkylation sites (N-methyl/N-ethyl adjacent to an activating group) is 1. The van der Waals surface area contributed by atoms with Crippen LogP contribution in [-0.2, 0) is 4.74 Å². The lowest BCUT2D eigenvalue weighted by atomic mass is 10.1.